The third-order valence-electron chi connectivity index (χ3n) is 4.39. The highest BCUT2D eigenvalue weighted by Crippen LogP contribution is 2.24. The lowest BCUT2D eigenvalue weighted by Gasteiger charge is -2.08. The Kier molecular flexibility index (Phi) is 8.87. The zero-order valence-electron chi connectivity index (χ0n) is 15.1. The number of carbonyl (C=O) groups excluding carboxylic acids is 2. The number of rotatable bonds is 12. The number of carbonyl (C=O) groups is 2. The van der Waals surface area contributed by atoms with Gasteiger partial charge in [0.2, 0.25) is 5.91 Å². The van der Waals surface area contributed by atoms with E-state index in [1.54, 1.807) is 0 Å². The first-order chi connectivity index (χ1) is 12.2. The lowest BCUT2D eigenvalue weighted by atomic mass is 10.1. The molecule has 5 heteroatoms. The minimum absolute atomic E-state index is 0.125. The van der Waals surface area contributed by atoms with Crippen molar-refractivity contribution in [2.24, 2.45) is 0 Å². The predicted octanol–water partition coefficient (Wildman–Crippen LogP) is 5.10. The first kappa shape index (κ1) is 19.8. The van der Waals surface area contributed by atoms with E-state index < -0.39 is 0 Å². The maximum Gasteiger partial charge on any atom is 0.286 e. The maximum atomic E-state index is 11.5. The van der Waals surface area contributed by atoms with Crippen LogP contribution in [-0.2, 0) is 11.2 Å². The minimum Gasteiger partial charge on any atom is -0.494 e. The number of unbranched alkanes of at least 4 members (excludes halogenated alkanes) is 5. The van der Waals surface area contributed by atoms with Gasteiger partial charge in [0.25, 0.3) is 5.24 Å². The van der Waals surface area contributed by atoms with Gasteiger partial charge in [-0.25, -0.2) is 0 Å². The van der Waals surface area contributed by atoms with Crippen LogP contribution in [0, 0.1) is 0 Å². The fourth-order valence-corrected chi connectivity index (χ4v) is 3.76. The van der Waals surface area contributed by atoms with Gasteiger partial charge in [-0.3, -0.25) is 14.9 Å². The van der Waals surface area contributed by atoms with E-state index >= 15 is 0 Å². The van der Waals surface area contributed by atoms with Crippen molar-refractivity contribution in [3.05, 3.63) is 29.8 Å². The van der Waals surface area contributed by atoms with Crippen molar-refractivity contribution in [2.75, 3.05) is 6.61 Å². The number of amides is 2. The molecule has 138 valence electrons. The number of hydrogen-bond donors (Lipinski definition) is 1. The second-order valence-electron chi connectivity index (χ2n) is 6.54. The Balaban J connectivity index is 1.55. The highest BCUT2D eigenvalue weighted by atomic mass is 32.2. The van der Waals surface area contributed by atoms with Crippen LogP contribution in [0.1, 0.15) is 63.9 Å². The zero-order chi connectivity index (χ0) is 17.9. The number of imide groups is 1. The Morgan fingerprint density at radius 3 is 2.44 bits per heavy atom. The molecule has 1 aliphatic heterocycles. The maximum absolute atomic E-state index is 11.5. The minimum atomic E-state index is -0.206. The van der Waals surface area contributed by atoms with Gasteiger partial charge in [0.05, 0.1) is 11.9 Å². The largest absolute Gasteiger partial charge is 0.494 e. The average molecular weight is 364 g/mol. The van der Waals surface area contributed by atoms with Crippen LogP contribution in [0.5, 0.6) is 5.75 Å². The molecule has 2 amide bonds. The quantitative estimate of drug-likeness (QED) is 0.525. The molecule has 1 aromatic rings. The molecule has 0 radical (unpaired) electrons. The van der Waals surface area contributed by atoms with Gasteiger partial charge < -0.3 is 4.74 Å². The van der Waals surface area contributed by atoms with Crippen molar-refractivity contribution < 1.29 is 14.3 Å². The fourth-order valence-electron chi connectivity index (χ4n) is 2.89. The normalized spacial score (nSPS) is 16.9. The van der Waals surface area contributed by atoms with E-state index in [9.17, 15) is 9.59 Å². The Bertz CT molecular complexity index is 544. The summed E-state index contributed by atoms with van der Waals surface area (Å²) in [5, 5.41) is 1.95. The third kappa shape index (κ3) is 7.51. The SMILES string of the molecule is CCCCCCOc1ccc(CCCCCC2SC(=O)NC2=O)cc1. The van der Waals surface area contributed by atoms with Crippen molar-refractivity contribution >= 4 is 22.9 Å². The lowest BCUT2D eigenvalue weighted by Crippen LogP contribution is -2.24. The topological polar surface area (TPSA) is 55.4 Å². The second-order valence-corrected chi connectivity index (χ2v) is 7.71. The van der Waals surface area contributed by atoms with Crippen LogP contribution in [0.3, 0.4) is 0 Å². The Morgan fingerprint density at radius 2 is 1.76 bits per heavy atom. The van der Waals surface area contributed by atoms with Crippen molar-refractivity contribution in [3.8, 4) is 5.75 Å². The lowest BCUT2D eigenvalue weighted by molar-refractivity contribution is -0.119. The average Bonchev–Trinajstić information content (AvgIpc) is 2.93. The molecule has 2 rings (SSSR count). The number of benzene rings is 1. The second kappa shape index (κ2) is 11.2. The van der Waals surface area contributed by atoms with E-state index in [1.807, 2.05) is 0 Å². The molecule has 1 heterocycles. The van der Waals surface area contributed by atoms with Gasteiger partial charge in [0.1, 0.15) is 5.75 Å². The van der Waals surface area contributed by atoms with Crippen molar-refractivity contribution in [2.45, 2.75) is 70.0 Å². The standard InChI is InChI=1S/C20H29NO3S/c1-2-3-4-8-15-24-17-13-11-16(12-14-17)9-6-5-7-10-18-19(22)21-20(23)25-18/h11-14,18H,2-10,15H2,1H3,(H,21,22,23). The van der Waals surface area contributed by atoms with Crippen LogP contribution < -0.4 is 10.1 Å². The summed E-state index contributed by atoms with van der Waals surface area (Å²) in [4.78, 5) is 22.6. The van der Waals surface area contributed by atoms with E-state index in [4.69, 9.17) is 4.74 Å². The number of ether oxygens (including phenoxy) is 1. The van der Waals surface area contributed by atoms with Crippen molar-refractivity contribution in [1.82, 2.24) is 5.32 Å². The molecule has 0 saturated carbocycles. The van der Waals surface area contributed by atoms with Gasteiger partial charge in [-0.2, -0.15) is 0 Å². The summed E-state index contributed by atoms with van der Waals surface area (Å²) in [7, 11) is 0. The van der Waals surface area contributed by atoms with Crippen LogP contribution in [0.15, 0.2) is 24.3 Å². The first-order valence-corrected chi connectivity index (χ1v) is 10.3. The fraction of sp³-hybridized carbons (Fsp3) is 0.600. The molecule has 0 aliphatic carbocycles. The van der Waals surface area contributed by atoms with Gasteiger partial charge in [-0.1, -0.05) is 62.9 Å². The molecular formula is C20H29NO3S. The van der Waals surface area contributed by atoms with Crippen molar-refractivity contribution in [3.63, 3.8) is 0 Å². The predicted molar refractivity (Wildman–Crippen MR) is 103 cm³/mol. The Morgan fingerprint density at radius 1 is 1.00 bits per heavy atom. The molecule has 0 aromatic heterocycles. The van der Waals surface area contributed by atoms with Crippen LogP contribution in [0.4, 0.5) is 4.79 Å². The molecule has 0 bridgehead atoms. The summed E-state index contributed by atoms with van der Waals surface area (Å²) in [6.07, 6.45) is 9.88. The van der Waals surface area contributed by atoms with Crippen LogP contribution in [0.2, 0.25) is 0 Å². The molecule has 0 spiro atoms. The zero-order valence-corrected chi connectivity index (χ0v) is 15.9. The number of nitrogens with one attached hydrogen (secondary N) is 1. The van der Waals surface area contributed by atoms with E-state index in [2.05, 4.69) is 36.5 Å². The summed E-state index contributed by atoms with van der Waals surface area (Å²) in [6, 6.07) is 8.39. The van der Waals surface area contributed by atoms with Gasteiger partial charge in [0.15, 0.2) is 0 Å². The van der Waals surface area contributed by atoms with Gasteiger partial charge in [-0.15, -0.1) is 0 Å². The van der Waals surface area contributed by atoms with Gasteiger partial charge in [0, 0.05) is 0 Å². The summed E-state index contributed by atoms with van der Waals surface area (Å²) in [6.45, 7) is 3.01. The summed E-state index contributed by atoms with van der Waals surface area (Å²) >= 11 is 1.13. The molecule has 1 aliphatic rings. The van der Waals surface area contributed by atoms with E-state index in [0.29, 0.717) is 0 Å². The molecular weight excluding hydrogens is 334 g/mol. The van der Waals surface area contributed by atoms with Crippen LogP contribution in [0.25, 0.3) is 0 Å². The van der Waals surface area contributed by atoms with Crippen LogP contribution in [-0.4, -0.2) is 23.0 Å². The van der Waals surface area contributed by atoms with E-state index in [0.717, 1.165) is 62.6 Å². The third-order valence-corrected chi connectivity index (χ3v) is 5.44. The van der Waals surface area contributed by atoms with Gasteiger partial charge >= 0.3 is 0 Å². The molecule has 25 heavy (non-hydrogen) atoms. The van der Waals surface area contributed by atoms with Gasteiger partial charge in [-0.05, 0) is 43.4 Å². The number of thioether (sulfide) groups is 1. The molecule has 1 N–H and O–H groups in total. The molecule has 1 saturated heterocycles. The molecule has 1 aromatic carbocycles. The molecule has 1 atom stereocenters. The van der Waals surface area contributed by atoms with Crippen molar-refractivity contribution in [1.29, 1.82) is 0 Å². The summed E-state index contributed by atoms with van der Waals surface area (Å²) in [5.41, 5.74) is 1.32. The number of hydrogen-bond acceptors (Lipinski definition) is 4. The number of aryl methyl sites for hydroxylation is 1. The smallest absolute Gasteiger partial charge is 0.286 e. The molecule has 4 nitrogen and oxygen atoms in total. The Hall–Kier alpha value is -1.49. The Labute approximate surface area is 155 Å². The van der Waals surface area contributed by atoms with E-state index in [1.165, 1.54) is 24.8 Å². The summed E-state index contributed by atoms with van der Waals surface area (Å²) in [5.74, 6) is 0.828. The highest BCUT2D eigenvalue weighted by molar-refractivity contribution is 8.15. The molecule has 1 unspecified atom stereocenters. The molecule has 1 fully saturated rings. The summed E-state index contributed by atoms with van der Waals surface area (Å²) < 4.78 is 5.76. The van der Waals surface area contributed by atoms with E-state index in [-0.39, 0.29) is 16.4 Å². The highest BCUT2D eigenvalue weighted by Gasteiger charge is 2.30. The first-order valence-electron chi connectivity index (χ1n) is 9.42. The van der Waals surface area contributed by atoms with Crippen LogP contribution >= 0.6 is 11.8 Å². The monoisotopic (exact) mass is 363 g/mol.